The lowest BCUT2D eigenvalue weighted by Gasteiger charge is -2.14. The van der Waals surface area contributed by atoms with Crippen molar-refractivity contribution in [3.05, 3.63) is 18.2 Å². The number of nitrogen functional groups attached to an aromatic ring is 1. The first-order valence-electron chi connectivity index (χ1n) is 5.99. The van der Waals surface area contributed by atoms with E-state index in [1.165, 1.54) is 12.1 Å². The third kappa shape index (κ3) is 3.37. The van der Waals surface area contributed by atoms with Crippen molar-refractivity contribution >= 4 is 27.1 Å². The van der Waals surface area contributed by atoms with Gasteiger partial charge in [0.05, 0.1) is 16.3 Å². The average Bonchev–Trinajstić information content (AvgIpc) is 2.72. The number of hydrogen-bond acceptors (Lipinski definition) is 5. The fraction of sp³-hybridized carbons (Fsp3) is 0.417. The summed E-state index contributed by atoms with van der Waals surface area (Å²) in [5.41, 5.74) is 6.87. The van der Waals surface area contributed by atoms with Gasteiger partial charge in [-0.3, -0.25) is 4.79 Å². The third-order valence-electron chi connectivity index (χ3n) is 3.08. The van der Waals surface area contributed by atoms with Crippen molar-refractivity contribution in [2.24, 2.45) is 0 Å². The predicted molar refractivity (Wildman–Crippen MR) is 73.6 cm³/mol. The highest BCUT2D eigenvalue weighted by atomic mass is 32.2. The van der Waals surface area contributed by atoms with E-state index in [0.29, 0.717) is 24.3 Å². The van der Waals surface area contributed by atoms with Gasteiger partial charge in [-0.1, -0.05) is 0 Å². The largest absolute Gasteiger partial charge is 0.397 e. The summed E-state index contributed by atoms with van der Waals surface area (Å²) in [5, 5.41) is 5.96. The number of carbonyl (C=O) groups excluding carboxylic acids is 1. The van der Waals surface area contributed by atoms with Gasteiger partial charge in [0.1, 0.15) is 0 Å². The number of sulfone groups is 1. The zero-order chi connectivity index (χ0) is 14.0. The highest BCUT2D eigenvalue weighted by Gasteiger charge is 2.20. The van der Waals surface area contributed by atoms with E-state index in [9.17, 15) is 13.2 Å². The van der Waals surface area contributed by atoms with Gasteiger partial charge in [-0.2, -0.15) is 0 Å². The molecular weight excluding hydrogens is 266 g/mol. The SMILES string of the molecule is CS(=O)(=O)c1ccc(NCC2CCC(=O)N2)c(N)c1. The van der Waals surface area contributed by atoms with Crippen LogP contribution < -0.4 is 16.4 Å². The van der Waals surface area contributed by atoms with E-state index in [1.54, 1.807) is 6.07 Å². The van der Waals surface area contributed by atoms with Gasteiger partial charge in [0, 0.05) is 25.3 Å². The molecule has 0 bridgehead atoms. The molecule has 1 amide bonds. The van der Waals surface area contributed by atoms with Crippen LogP contribution >= 0.6 is 0 Å². The number of benzene rings is 1. The molecular formula is C12H17N3O3S. The Morgan fingerprint density at radius 2 is 2.21 bits per heavy atom. The van der Waals surface area contributed by atoms with Crippen molar-refractivity contribution in [3.63, 3.8) is 0 Å². The number of anilines is 2. The first-order valence-corrected chi connectivity index (χ1v) is 7.88. The Bertz CT molecular complexity index is 598. The lowest BCUT2D eigenvalue weighted by Crippen LogP contribution is -2.31. The van der Waals surface area contributed by atoms with Gasteiger partial charge in [-0.25, -0.2) is 8.42 Å². The quantitative estimate of drug-likeness (QED) is 0.693. The molecule has 0 radical (unpaired) electrons. The molecule has 2 rings (SSSR count). The number of nitrogens with two attached hydrogens (primary N) is 1. The second-order valence-electron chi connectivity index (χ2n) is 4.71. The van der Waals surface area contributed by atoms with Crippen LogP contribution in [-0.4, -0.2) is 33.2 Å². The summed E-state index contributed by atoms with van der Waals surface area (Å²) in [6.45, 7) is 0.578. The molecule has 1 saturated heterocycles. The van der Waals surface area contributed by atoms with Crippen molar-refractivity contribution in [2.75, 3.05) is 23.9 Å². The minimum absolute atomic E-state index is 0.0622. The summed E-state index contributed by atoms with van der Waals surface area (Å²) in [4.78, 5) is 11.3. The molecule has 1 heterocycles. The molecule has 1 aliphatic heterocycles. The molecule has 0 saturated carbocycles. The van der Waals surface area contributed by atoms with E-state index in [1.807, 2.05) is 0 Å². The maximum absolute atomic E-state index is 11.4. The zero-order valence-electron chi connectivity index (χ0n) is 10.6. The Balaban J connectivity index is 2.03. The highest BCUT2D eigenvalue weighted by molar-refractivity contribution is 7.90. The maximum Gasteiger partial charge on any atom is 0.220 e. The van der Waals surface area contributed by atoms with Gasteiger partial charge in [0.15, 0.2) is 9.84 Å². The molecule has 104 valence electrons. The number of nitrogens with one attached hydrogen (secondary N) is 2. The van der Waals surface area contributed by atoms with Crippen molar-refractivity contribution in [1.29, 1.82) is 0 Å². The second-order valence-corrected chi connectivity index (χ2v) is 6.72. The fourth-order valence-corrected chi connectivity index (χ4v) is 2.65. The summed E-state index contributed by atoms with van der Waals surface area (Å²) in [5.74, 6) is 0.0622. The van der Waals surface area contributed by atoms with Crippen molar-refractivity contribution in [3.8, 4) is 0 Å². The van der Waals surface area contributed by atoms with Gasteiger partial charge in [-0.15, -0.1) is 0 Å². The van der Waals surface area contributed by atoms with E-state index in [4.69, 9.17) is 5.73 Å². The summed E-state index contributed by atoms with van der Waals surface area (Å²) < 4.78 is 22.8. The van der Waals surface area contributed by atoms with E-state index >= 15 is 0 Å². The average molecular weight is 283 g/mol. The van der Waals surface area contributed by atoms with Crippen LogP contribution in [0.25, 0.3) is 0 Å². The molecule has 1 unspecified atom stereocenters. The van der Waals surface area contributed by atoms with Crippen LogP contribution in [0.4, 0.5) is 11.4 Å². The molecule has 0 aromatic heterocycles. The number of amides is 1. The number of hydrogen-bond donors (Lipinski definition) is 3. The van der Waals surface area contributed by atoms with Crippen LogP contribution in [-0.2, 0) is 14.6 Å². The Labute approximate surface area is 112 Å². The molecule has 6 nitrogen and oxygen atoms in total. The summed E-state index contributed by atoms with van der Waals surface area (Å²) in [7, 11) is -3.24. The zero-order valence-corrected chi connectivity index (χ0v) is 11.5. The van der Waals surface area contributed by atoms with E-state index in [-0.39, 0.29) is 16.8 Å². The minimum Gasteiger partial charge on any atom is -0.397 e. The second kappa shape index (κ2) is 5.08. The Morgan fingerprint density at radius 1 is 1.47 bits per heavy atom. The molecule has 19 heavy (non-hydrogen) atoms. The van der Waals surface area contributed by atoms with Crippen LogP contribution in [0, 0.1) is 0 Å². The summed E-state index contributed by atoms with van der Waals surface area (Å²) >= 11 is 0. The van der Waals surface area contributed by atoms with Gasteiger partial charge in [0.25, 0.3) is 0 Å². The monoisotopic (exact) mass is 283 g/mol. The topological polar surface area (TPSA) is 101 Å². The van der Waals surface area contributed by atoms with Gasteiger partial charge >= 0.3 is 0 Å². The molecule has 7 heteroatoms. The summed E-state index contributed by atoms with van der Waals surface area (Å²) in [6, 6.07) is 4.69. The molecule has 4 N–H and O–H groups in total. The van der Waals surface area contributed by atoms with Crippen molar-refractivity contribution in [1.82, 2.24) is 5.32 Å². The highest BCUT2D eigenvalue weighted by Crippen LogP contribution is 2.22. The Morgan fingerprint density at radius 3 is 2.74 bits per heavy atom. The van der Waals surface area contributed by atoms with Gasteiger partial charge in [-0.05, 0) is 24.6 Å². The number of carbonyl (C=O) groups is 1. The third-order valence-corrected chi connectivity index (χ3v) is 4.19. The van der Waals surface area contributed by atoms with Crippen molar-refractivity contribution < 1.29 is 13.2 Å². The van der Waals surface area contributed by atoms with Crippen LogP contribution in [0.3, 0.4) is 0 Å². The number of rotatable bonds is 4. The van der Waals surface area contributed by atoms with E-state index < -0.39 is 9.84 Å². The molecule has 1 atom stereocenters. The minimum atomic E-state index is -3.24. The summed E-state index contributed by atoms with van der Waals surface area (Å²) in [6.07, 6.45) is 2.49. The van der Waals surface area contributed by atoms with Crippen LogP contribution in [0.1, 0.15) is 12.8 Å². The standard InChI is InChI=1S/C12H17N3O3S/c1-19(17,18)9-3-4-11(10(13)6-9)14-7-8-2-5-12(16)15-8/h3-4,6,8,14H,2,5,7,13H2,1H3,(H,15,16). The predicted octanol–water partition coefficient (Wildman–Crippen LogP) is 0.363. The van der Waals surface area contributed by atoms with Gasteiger partial charge in [0.2, 0.25) is 5.91 Å². The van der Waals surface area contributed by atoms with Crippen molar-refractivity contribution in [2.45, 2.75) is 23.8 Å². The van der Waals surface area contributed by atoms with Crippen LogP contribution in [0.5, 0.6) is 0 Å². The fourth-order valence-electron chi connectivity index (χ4n) is 2.00. The molecule has 1 aliphatic rings. The molecule has 1 fully saturated rings. The van der Waals surface area contributed by atoms with E-state index in [0.717, 1.165) is 12.7 Å². The molecule has 1 aromatic carbocycles. The first-order chi connectivity index (χ1) is 8.86. The van der Waals surface area contributed by atoms with E-state index in [2.05, 4.69) is 10.6 Å². The normalized spacial score (nSPS) is 19.2. The van der Waals surface area contributed by atoms with Crippen LogP contribution in [0.2, 0.25) is 0 Å². The molecule has 0 aliphatic carbocycles. The smallest absolute Gasteiger partial charge is 0.220 e. The van der Waals surface area contributed by atoms with Gasteiger partial charge < -0.3 is 16.4 Å². The Hall–Kier alpha value is -1.76. The molecule has 0 spiro atoms. The van der Waals surface area contributed by atoms with Crippen LogP contribution in [0.15, 0.2) is 23.1 Å². The molecule has 1 aromatic rings. The maximum atomic E-state index is 11.4. The first kappa shape index (κ1) is 13.7. The lowest BCUT2D eigenvalue weighted by atomic mass is 10.2. The lowest BCUT2D eigenvalue weighted by molar-refractivity contribution is -0.119. The Kier molecular flexibility index (Phi) is 3.66.